The minimum Gasteiger partial charge on any atom is -0.377 e. The fourth-order valence-electron chi connectivity index (χ4n) is 2.37. The summed E-state index contributed by atoms with van der Waals surface area (Å²) in [6.45, 7) is 4.60. The number of rotatable bonds is 7. The predicted octanol–water partition coefficient (Wildman–Crippen LogP) is 4.51. The van der Waals surface area contributed by atoms with Gasteiger partial charge in [0.1, 0.15) is 0 Å². The lowest BCUT2D eigenvalue weighted by Gasteiger charge is -2.21. The summed E-state index contributed by atoms with van der Waals surface area (Å²) in [6, 6.07) is 8.80. The van der Waals surface area contributed by atoms with Gasteiger partial charge in [0, 0.05) is 19.8 Å². The van der Waals surface area contributed by atoms with Crippen molar-refractivity contribution in [2.75, 3.05) is 19.0 Å². The summed E-state index contributed by atoms with van der Waals surface area (Å²) in [5.41, 5.74) is 2.88. The second kappa shape index (κ2) is 7.37. The van der Waals surface area contributed by atoms with E-state index in [-0.39, 0.29) is 0 Å². The van der Waals surface area contributed by atoms with Crippen LogP contribution in [-0.4, -0.2) is 14.1 Å². The van der Waals surface area contributed by atoms with Gasteiger partial charge in [0.2, 0.25) is 0 Å². The topological polar surface area (TPSA) is 3.24 Å². The van der Waals surface area contributed by atoms with Crippen molar-refractivity contribution < 1.29 is 0 Å². The normalized spacial score (nSPS) is 12.5. The van der Waals surface area contributed by atoms with E-state index < -0.39 is 0 Å². The molecule has 0 amide bonds. The van der Waals surface area contributed by atoms with Gasteiger partial charge in [-0.15, -0.1) is 0 Å². The largest absolute Gasteiger partial charge is 0.377 e. The van der Waals surface area contributed by atoms with Crippen LogP contribution >= 0.6 is 0 Å². The van der Waals surface area contributed by atoms with Crippen molar-refractivity contribution in [2.24, 2.45) is 5.92 Å². The molecule has 96 valence electrons. The molecule has 0 radical (unpaired) electrons. The van der Waals surface area contributed by atoms with Crippen LogP contribution in [0.2, 0.25) is 0 Å². The smallest absolute Gasteiger partial charge is 0.0393 e. The Hall–Kier alpha value is -0.980. The Labute approximate surface area is 107 Å². The summed E-state index contributed by atoms with van der Waals surface area (Å²) in [7, 11) is 4.26. The molecule has 1 rings (SSSR count). The van der Waals surface area contributed by atoms with Gasteiger partial charge in [-0.05, 0) is 24.0 Å². The lowest BCUT2D eigenvalue weighted by Crippen LogP contribution is -2.13. The van der Waals surface area contributed by atoms with Crippen molar-refractivity contribution in [1.82, 2.24) is 0 Å². The van der Waals surface area contributed by atoms with E-state index in [2.05, 4.69) is 57.1 Å². The molecule has 0 spiro atoms. The van der Waals surface area contributed by atoms with Gasteiger partial charge in [-0.2, -0.15) is 0 Å². The van der Waals surface area contributed by atoms with Gasteiger partial charge in [-0.3, -0.25) is 0 Å². The molecule has 0 saturated heterocycles. The van der Waals surface area contributed by atoms with Crippen LogP contribution in [0.1, 0.15) is 45.1 Å². The Bertz CT molecular complexity index is 317. The third kappa shape index (κ3) is 4.41. The Morgan fingerprint density at radius 2 is 1.82 bits per heavy atom. The second-order valence-corrected chi connectivity index (χ2v) is 5.14. The summed E-state index contributed by atoms with van der Waals surface area (Å²) in [5.74, 6) is 0.844. The molecular weight excluding hydrogens is 206 g/mol. The van der Waals surface area contributed by atoms with Gasteiger partial charge in [-0.1, -0.05) is 57.7 Å². The van der Waals surface area contributed by atoms with Crippen LogP contribution in [-0.2, 0) is 6.42 Å². The summed E-state index contributed by atoms with van der Waals surface area (Å²) in [6.07, 6.45) is 6.57. The van der Waals surface area contributed by atoms with Crippen molar-refractivity contribution in [1.29, 1.82) is 0 Å². The molecule has 0 heterocycles. The molecule has 0 bridgehead atoms. The van der Waals surface area contributed by atoms with E-state index in [1.54, 1.807) is 0 Å². The molecule has 0 fully saturated rings. The highest BCUT2D eigenvalue weighted by atomic mass is 15.1. The molecule has 0 N–H and O–H groups in total. The van der Waals surface area contributed by atoms with Crippen LogP contribution in [0.4, 0.5) is 5.69 Å². The molecule has 1 nitrogen and oxygen atoms in total. The van der Waals surface area contributed by atoms with E-state index >= 15 is 0 Å². The number of hydrogen-bond donors (Lipinski definition) is 0. The van der Waals surface area contributed by atoms with Gasteiger partial charge in [-0.25, -0.2) is 0 Å². The van der Waals surface area contributed by atoms with E-state index in [0.717, 1.165) is 5.92 Å². The fourth-order valence-corrected chi connectivity index (χ4v) is 2.37. The maximum atomic E-state index is 2.32. The Balaban J connectivity index is 2.71. The lowest BCUT2D eigenvalue weighted by atomic mass is 9.91. The van der Waals surface area contributed by atoms with Crippen LogP contribution in [0.3, 0.4) is 0 Å². The molecule has 0 aliphatic rings. The third-order valence-electron chi connectivity index (χ3n) is 3.53. The van der Waals surface area contributed by atoms with Gasteiger partial charge in [0.15, 0.2) is 0 Å². The van der Waals surface area contributed by atoms with Crippen LogP contribution in [0.5, 0.6) is 0 Å². The second-order valence-electron chi connectivity index (χ2n) is 5.14. The van der Waals surface area contributed by atoms with Crippen LogP contribution < -0.4 is 4.90 Å². The van der Waals surface area contributed by atoms with Crippen molar-refractivity contribution >= 4 is 5.69 Å². The summed E-state index contributed by atoms with van der Waals surface area (Å²) in [5, 5.41) is 0. The van der Waals surface area contributed by atoms with E-state index in [1.807, 2.05) is 0 Å². The maximum Gasteiger partial charge on any atom is 0.0393 e. The minimum absolute atomic E-state index is 0.844. The van der Waals surface area contributed by atoms with Crippen molar-refractivity contribution in [3.63, 3.8) is 0 Å². The first-order chi connectivity index (χ1) is 8.19. The van der Waals surface area contributed by atoms with Gasteiger partial charge in [0.25, 0.3) is 0 Å². The predicted molar refractivity (Wildman–Crippen MR) is 77.8 cm³/mol. The van der Waals surface area contributed by atoms with Gasteiger partial charge >= 0.3 is 0 Å². The average molecular weight is 233 g/mol. The van der Waals surface area contributed by atoms with Gasteiger partial charge in [0.05, 0.1) is 0 Å². The average Bonchev–Trinajstić information content (AvgIpc) is 2.34. The van der Waals surface area contributed by atoms with Crippen molar-refractivity contribution in [2.45, 2.75) is 46.0 Å². The van der Waals surface area contributed by atoms with Crippen LogP contribution in [0.15, 0.2) is 24.3 Å². The molecule has 17 heavy (non-hydrogen) atoms. The highest BCUT2D eigenvalue weighted by Crippen LogP contribution is 2.25. The fraction of sp³-hybridized carbons (Fsp3) is 0.625. The highest BCUT2D eigenvalue weighted by molar-refractivity contribution is 5.52. The number of unbranched alkanes of at least 4 members (excludes halogenated alkanes) is 1. The summed E-state index contributed by atoms with van der Waals surface area (Å²) in [4.78, 5) is 2.22. The monoisotopic (exact) mass is 233 g/mol. The molecule has 0 aliphatic carbocycles. The Kier molecular flexibility index (Phi) is 6.10. The SMILES string of the molecule is CCCCC(CC)Cc1ccccc1N(C)C. The number of para-hydroxylation sites is 1. The number of benzene rings is 1. The van der Waals surface area contributed by atoms with E-state index in [9.17, 15) is 0 Å². The number of hydrogen-bond acceptors (Lipinski definition) is 1. The quantitative estimate of drug-likeness (QED) is 0.669. The molecule has 1 unspecified atom stereocenters. The third-order valence-corrected chi connectivity index (χ3v) is 3.53. The van der Waals surface area contributed by atoms with Gasteiger partial charge < -0.3 is 4.90 Å². The van der Waals surface area contributed by atoms with E-state index in [1.165, 1.54) is 43.4 Å². The Morgan fingerprint density at radius 1 is 1.12 bits per heavy atom. The molecule has 0 saturated carbocycles. The highest BCUT2D eigenvalue weighted by Gasteiger charge is 2.10. The Morgan fingerprint density at radius 3 is 2.41 bits per heavy atom. The molecule has 0 aliphatic heterocycles. The summed E-state index contributed by atoms with van der Waals surface area (Å²) >= 11 is 0. The van der Waals surface area contributed by atoms with E-state index in [4.69, 9.17) is 0 Å². The lowest BCUT2D eigenvalue weighted by molar-refractivity contribution is 0.449. The van der Waals surface area contributed by atoms with Crippen molar-refractivity contribution in [3.8, 4) is 0 Å². The van der Waals surface area contributed by atoms with Crippen molar-refractivity contribution in [3.05, 3.63) is 29.8 Å². The zero-order chi connectivity index (χ0) is 12.7. The molecule has 1 aromatic rings. The molecule has 0 aromatic heterocycles. The van der Waals surface area contributed by atoms with Crippen LogP contribution in [0, 0.1) is 5.92 Å². The molecular formula is C16H27N. The first kappa shape index (κ1) is 14.1. The maximum absolute atomic E-state index is 2.32. The zero-order valence-corrected chi connectivity index (χ0v) is 11.9. The number of nitrogens with zero attached hydrogens (tertiary/aromatic N) is 1. The van der Waals surface area contributed by atoms with E-state index in [0.29, 0.717) is 0 Å². The zero-order valence-electron chi connectivity index (χ0n) is 11.9. The first-order valence-electron chi connectivity index (χ1n) is 6.94. The summed E-state index contributed by atoms with van der Waals surface area (Å²) < 4.78 is 0. The number of anilines is 1. The molecule has 1 aromatic carbocycles. The molecule has 1 atom stereocenters. The standard InChI is InChI=1S/C16H27N/c1-5-7-10-14(6-2)13-15-11-8-9-12-16(15)17(3)4/h8-9,11-12,14H,5-7,10,13H2,1-4H3. The molecule has 1 heteroatoms. The minimum atomic E-state index is 0.844. The first-order valence-corrected chi connectivity index (χ1v) is 6.94. The van der Waals surface area contributed by atoms with Crippen LogP contribution in [0.25, 0.3) is 0 Å².